The number of piperidine rings is 1. The lowest BCUT2D eigenvalue weighted by atomic mass is 9.46. The number of aromatic hydroxyl groups is 3. The third-order valence-corrected chi connectivity index (χ3v) is 12.5. The van der Waals surface area contributed by atoms with E-state index in [0.717, 1.165) is 60.8 Å². The number of aliphatic hydroxyl groups is 1. The van der Waals surface area contributed by atoms with Gasteiger partial charge in [0.05, 0.1) is 13.2 Å². The molecule has 3 aromatic rings. The predicted molar refractivity (Wildman–Crippen MR) is 199 cm³/mol. The van der Waals surface area contributed by atoms with Gasteiger partial charge in [-0.3, -0.25) is 4.79 Å². The van der Waals surface area contributed by atoms with Crippen LogP contribution in [0.1, 0.15) is 86.5 Å². The van der Waals surface area contributed by atoms with E-state index in [1.807, 2.05) is 36.4 Å². The van der Waals surface area contributed by atoms with E-state index in [4.69, 9.17) is 4.74 Å². The smallest absolute Gasteiger partial charge is 0.160 e. The number of rotatable bonds is 8. The number of ketones is 1. The summed E-state index contributed by atoms with van der Waals surface area (Å²) in [5, 5.41) is 48.8. The Labute approximate surface area is 301 Å². The number of ether oxygens (including phenoxy) is 1. The van der Waals surface area contributed by atoms with Crippen molar-refractivity contribution < 1.29 is 30.0 Å². The molecule has 51 heavy (non-hydrogen) atoms. The van der Waals surface area contributed by atoms with Crippen molar-refractivity contribution in [1.82, 2.24) is 5.32 Å². The maximum absolute atomic E-state index is 15.0. The maximum atomic E-state index is 15.0. The SMILES string of the molecule is CCCCCC1C(=O)CC(c2ccc(O)c(OC)c2)C(Cc2ccccc2)C#CC2CNC3CCCC4C=Cc5cc(O)c(O)cc5C43C2C1O. The summed E-state index contributed by atoms with van der Waals surface area (Å²) >= 11 is 0. The summed E-state index contributed by atoms with van der Waals surface area (Å²) in [5.74, 6) is 5.85. The number of carbonyl (C=O) groups excluding carboxylic acids is 1. The first kappa shape index (κ1) is 35.2. The zero-order valence-electron chi connectivity index (χ0n) is 29.7. The van der Waals surface area contributed by atoms with Gasteiger partial charge in [-0.2, -0.15) is 0 Å². The molecule has 1 heterocycles. The monoisotopic (exact) mass is 689 g/mol. The molecule has 9 unspecified atom stereocenters. The molecular formula is C44H51NO6. The van der Waals surface area contributed by atoms with Crippen molar-refractivity contribution in [2.24, 2.45) is 29.6 Å². The Balaban J connectivity index is 1.43. The molecule has 0 radical (unpaired) electrons. The van der Waals surface area contributed by atoms with Crippen molar-refractivity contribution in [3.8, 4) is 34.8 Å². The average molecular weight is 690 g/mol. The van der Waals surface area contributed by atoms with Gasteiger partial charge in [0.1, 0.15) is 5.78 Å². The molecule has 3 aliphatic carbocycles. The van der Waals surface area contributed by atoms with E-state index in [1.54, 1.807) is 18.2 Å². The molecule has 7 rings (SSSR count). The number of aliphatic hydroxyl groups excluding tert-OH is 1. The first-order valence-corrected chi connectivity index (χ1v) is 18.9. The lowest BCUT2D eigenvalue weighted by molar-refractivity contribution is -0.133. The van der Waals surface area contributed by atoms with Gasteiger partial charge in [0.2, 0.25) is 0 Å². The summed E-state index contributed by atoms with van der Waals surface area (Å²) in [6.45, 7) is 2.73. The van der Waals surface area contributed by atoms with Crippen molar-refractivity contribution >= 4 is 11.9 Å². The highest BCUT2D eigenvalue weighted by Gasteiger charge is 2.62. The molecule has 4 aliphatic rings. The molecule has 7 heteroatoms. The van der Waals surface area contributed by atoms with E-state index in [0.29, 0.717) is 25.1 Å². The minimum absolute atomic E-state index is 0.00764. The lowest BCUT2D eigenvalue weighted by Gasteiger charge is -2.61. The highest BCUT2D eigenvalue weighted by Crippen LogP contribution is 2.59. The molecule has 3 aromatic carbocycles. The van der Waals surface area contributed by atoms with Crippen molar-refractivity contribution in [1.29, 1.82) is 0 Å². The Morgan fingerprint density at radius 2 is 1.76 bits per heavy atom. The topological polar surface area (TPSA) is 119 Å². The molecule has 268 valence electrons. The summed E-state index contributed by atoms with van der Waals surface area (Å²) in [6, 6.07) is 18.9. The van der Waals surface area contributed by atoms with Crippen molar-refractivity contribution in [2.75, 3.05) is 13.7 Å². The number of allylic oxidation sites excluding steroid dienone is 1. The number of methoxy groups -OCH3 is 1. The molecule has 7 nitrogen and oxygen atoms in total. The first-order chi connectivity index (χ1) is 24.8. The third kappa shape index (κ3) is 6.42. The van der Waals surface area contributed by atoms with Gasteiger partial charge >= 0.3 is 0 Å². The van der Waals surface area contributed by atoms with Crippen LogP contribution in [0.3, 0.4) is 0 Å². The second-order valence-electron chi connectivity index (χ2n) is 15.2. The summed E-state index contributed by atoms with van der Waals surface area (Å²) < 4.78 is 5.52. The Kier molecular flexibility index (Phi) is 10.2. The number of phenols is 3. The Bertz CT molecular complexity index is 1830. The number of fused-ring (bicyclic) bond motifs is 2. The molecule has 9 atom stereocenters. The van der Waals surface area contributed by atoms with Gasteiger partial charge in [-0.05, 0) is 78.1 Å². The van der Waals surface area contributed by atoms with Crippen LogP contribution in [0.5, 0.6) is 23.0 Å². The number of hydrogen-bond donors (Lipinski definition) is 5. The standard InChI is InChI=1S/C44H51NO6/c1-3-4-6-13-33-37(47)24-34(29-18-20-36(46)40(23-29)51-2)28(21-27-10-7-5-8-11-27)15-16-31-26-45-41-14-9-12-32-19-17-30-22-38(48)39(49)25-35(30)44(32,41)42(31)43(33)50/h5,7-8,10-11,17-20,22-23,25,28,31-34,41-43,45-46,48-50H,3-4,6,9,12-14,21,24,26H2,1-2H3. The normalized spacial score (nSPS) is 31.2. The highest BCUT2D eigenvalue weighted by atomic mass is 16.5. The number of carbonyl (C=O) groups is 1. The Morgan fingerprint density at radius 1 is 0.961 bits per heavy atom. The molecular weight excluding hydrogens is 638 g/mol. The zero-order valence-corrected chi connectivity index (χ0v) is 29.7. The molecule has 1 saturated carbocycles. The van der Waals surface area contributed by atoms with Crippen LogP contribution in [0.25, 0.3) is 6.08 Å². The minimum Gasteiger partial charge on any atom is -0.504 e. The fraction of sp³-hybridized carbons (Fsp3) is 0.477. The minimum atomic E-state index is -0.963. The molecule has 0 bridgehead atoms. The van der Waals surface area contributed by atoms with Gasteiger partial charge in [0, 0.05) is 54.0 Å². The second kappa shape index (κ2) is 14.8. The number of nitrogens with one attached hydrogen (secondary N) is 1. The molecule has 0 aromatic heterocycles. The van der Waals surface area contributed by atoms with E-state index in [2.05, 4.69) is 42.3 Å². The van der Waals surface area contributed by atoms with E-state index < -0.39 is 17.4 Å². The average Bonchev–Trinajstić information content (AvgIpc) is 3.14. The van der Waals surface area contributed by atoms with E-state index in [-0.39, 0.29) is 65.1 Å². The van der Waals surface area contributed by atoms with Crippen molar-refractivity contribution in [3.63, 3.8) is 0 Å². The third-order valence-electron chi connectivity index (χ3n) is 12.5. The predicted octanol–water partition coefficient (Wildman–Crippen LogP) is 7.26. The first-order valence-electron chi connectivity index (χ1n) is 18.9. The largest absolute Gasteiger partial charge is 0.504 e. The number of unbranched alkanes of at least 4 members (excludes halogenated alkanes) is 2. The van der Waals surface area contributed by atoms with Crippen LogP contribution < -0.4 is 10.1 Å². The number of hydrogen-bond acceptors (Lipinski definition) is 7. The van der Waals surface area contributed by atoms with Gasteiger partial charge in [-0.15, -0.1) is 0 Å². The summed E-state index contributed by atoms with van der Waals surface area (Å²) in [7, 11) is 1.53. The highest BCUT2D eigenvalue weighted by molar-refractivity contribution is 5.83. The summed E-state index contributed by atoms with van der Waals surface area (Å²) in [4.78, 5) is 15.0. The quantitative estimate of drug-likeness (QED) is 0.0960. The molecule has 2 fully saturated rings. The van der Waals surface area contributed by atoms with Gasteiger partial charge in [-0.25, -0.2) is 0 Å². The van der Waals surface area contributed by atoms with Gasteiger partial charge in [-0.1, -0.05) is 93.0 Å². The van der Waals surface area contributed by atoms with E-state index in [9.17, 15) is 25.2 Å². The van der Waals surface area contributed by atoms with Gasteiger partial charge in [0.15, 0.2) is 23.0 Å². The van der Waals surface area contributed by atoms with Gasteiger partial charge < -0.3 is 30.5 Å². The Hall–Kier alpha value is -4.25. The van der Waals surface area contributed by atoms with Gasteiger partial charge in [0.25, 0.3) is 0 Å². The van der Waals surface area contributed by atoms with Crippen LogP contribution >= 0.6 is 0 Å². The maximum Gasteiger partial charge on any atom is 0.160 e. The van der Waals surface area contributed by atoms with Crippen LogP contribution in [0.15, 0.2) is 66.7 Å². The van der Waals surface area contributed by atoms with Crippen molar-refractivity contribution in [3.05, 3.63) is 89.0 Å². The summed E-state index contributed by atoms with van der Waals surface area (Å²) in [5.41, 5.74) is 3.13. The lowest BCUT2D eigenvalue weighted by Crippen LogP contribution is -2.69. The molecule has 1 aliphatic heterocycles. The van der Waals surface area contributed by atoms with Crippen LogP contribution in [0.4, 0.5) is 0 Å². The second-order valence-corrected chi connectivity index (χ2v) is 15.2. The van der Waals surface area contributed by atoms with E-state index in [1.165, 1.54) is 7.11 Å². The zero-order chi connectivity index (χ0) is 35.7. The van der Waals surface area contributed by atoms with Crippen LogP contribution in [-0.2, 0) is 16.6 Å². The van der Waals surface area contributed by atoms with Crippen LogP contribution in [-0.4, -0.2) is 52.0 Å². The van der Waals surface area contributed by atoms with Crippen molar-refractivity contribution in [2.45, 2.75) is 88.2 Å². The molecule has 1 saturated heterocycles. The Morgan fingerprint density at radius 3 is 2.55 bits per heavy atom. The number of Topliss-reactive ketones (excluding diaryl/α,β-unsaturated/α-hetero) is 1. The molecule has 0 amide bonds. The molecule has 5 N–H and O–H groups in total. The van der Waals surface area contributed by atoms with Crippen LogP contribution in [0.2, 0.25) is 0 Å². The molecule has 1 spiro atoms. The fourth-order valence-electron chi connectivity index (χ4n) is 10.1. The van der Waals surface area contributed by atoms with E-state index >= 15 is 0 Å². The fourth-order valence-corrected chi connectivity index (χ4v) is 10.1. The number of phenolic OH excluding ortho intramolecular Hbond substituents is 3. The summed E-state index contributed by atoms with van der Waals surface area (Å²) in [6.07, 6.45) is 10.4. The van der Waals surface area contributed by atoms with Crippen LogP contribution in [0, 0.1) is 41.4 Å². The number of benzene rings is 3.